The van der Waals surface area contributed by atoms with Crippen molar-refractivity contribution in [3.63, 3.8) is 0 Å². The average Bonchev–Trinajstić information content (AvgIpc) is 3.16. The topological polar surface area (TPSA) is 63.2 Å². The summed E-state index contributed by atoms with van der Waals surface area (Å²) in [5.74, 6) is 0.103. The molecule has 0 aliphatic carbocycles. The number of hydrogen-bond acceptors (Lipinski definition) is 5. The first-order valence-corrected chi connectivity index (χ1v) is 11.7. The molecule has 1 aromatic heterocycles. The first-order valence-electron chi connectivity index (χ1n) is 7.62. The number of halogens is 2. The van der Waals surface area contributed by atoms with Gasteiger partial charge in [0.15, 0.2) is 5.78 Å². The zero-order chi connectivity index (χ0) is 19.4. The Bertz CT molecular complexity index is 1050. The van der Waals surface area contributed by atoms with Crippen molar-refractivity contribution < 1.29 is 13.2 Å². The maximum atomic E-state index is 12.3. The highest BCUT2D eigenvalue weighted by Crippen LogP contribution is 2.26. The van der Waals surface area contributed by atoms with Crippen molar-refractivity contribution in [1.82, 2.24) is 0 Å². The fraction of sp³-hybridized carbons (Fsp3) is 0.0556. The highest BCUT2D eigenvalue weighted by molar-refractivity contribution is 8.00. The van der Waals surface area contributed by atoms with E-state index in [0.29, 0.717) is 21.3 Å². The third-order valence-electron chi connectivity index (χ3n) is 3.47. The molecule has 0 unspecified atom stereocenters. The zero-order valence-corrected chi connectivity index (χ0v) is 17.6. The summed E-state index contributed by atoms with van der Waals surface area (Å²) in [5, 5.41) is 2.51. The molecular weight excluding hydrogens is 445 g/mol. The molecule has 4 nitrogen and oxygen atoms in total. The van der Waals surface area contributed by atoms with E-state index in [1.54, 1.807) is 53.9 Å². The van der Waals surface area contributed by atoms with Gasteiger partial charge in [0.25, 0.3) is 10.0 Å². The van der Waals surface area contributed by atoms with Gasteiger partial charge in [0, 0.05) is 21.2 Å². The summed E-state index contributed by atoms with van der Waals surface area (Å²) in [4.78, 5) is 13.1. The SMILES string of the molecule is O=C(CSc1ccc(NS(=O)(=O)c2cccs2)cc1)c1ccc(Cl)cc1Cl. The molecule has 0 atom stereocenters. The van der Waals surface area contributed by atoms with Gasteiger partial charge in [-0.05, 0) is 53.9 Å². The first kappa shape index (κ1) is 20.2. The van der Waals surface area contributed by atoms with Gasteiger partial charge >= 0.3 is 0 Å². The lowest BCUT2D eigenvalue weighted by Crippen LogP contribution is -2.11. The van der Waals surface area contributed by atoms with Crippen LogP contribution in [-0.4, -0.2) is 20.0 Å². The molecule has 140 valence electrons. The standard InChI is InChI=1S/C18H13Cl2NO3S3/c19-12-3-8-15(16(20)10-12)17(22)11-26-14-6-4-13(5-7-14)21-27(23,24)18-2-1-9-25-18/h1-10,21H,11H2. The van der Waals surface area contributed by atoms with Crippen molar-refractivity contribution in [1.29, 1.82) is 0 Å². The molecule has 0 amide bonds. The van der Waals surface area contributed by atoms with E-state index in [9.17, 15) is 13.2 Å². The Morgan fingerprint density at radius 2 is 1.81 bits per heavy atom. The van der Waals surface area contributed by atoms with Crippen LogP contribution in [0.4, 0.5) is 5.69 Å². The average molecular weight is 458 g/mol. The predicted molar refractivity (Wildman–Crippen MR) is 113 cm³/mol. The monoisotopic (exact) mass is 457 g/mol. The fourth-order valence-electron chi connectivity index (χ4n) is 2.18. The molecule has 0 saturated carbocycles. The van der Waals surface area contributed by atoms with Gasteiger partial charge < -0.3 is 0 Å². The molecule has 27 heavy (non-hydrogen) atoms. The summed E-state index contributed by atoms with van der Waals surface area (Å²) in [5.41, 5.74) is 0.883. The molecular formula is C18H13Cl2NO3S3. The molecule has 0 radical (unpaired) electrons. The summed E-state index contributed by atoms with van der Waals surface area (Å²) in [6.07, 6.45) is 0. The highest BCUT2D eigenvalue weighted by atomic mass is 35.5. The maximum absolute atomic E-state index is 12.3. The number of hydrogen-bond donors (Lipinski definition) is 1. The lowest BCUT2D eigenvalue weighted by Gasteiger charge is -2.08. The lowest BCUT2D eigenvalue weighted by atomic mass is 10.1. The van der Waals surface area contributed by atoms with E-state index < -0.39 is 10.0 Å². The van der Waals surface area contributed by atoms with Gasteiger partial charge in [-0.3, -0.25) is 9.52 Å². The van der Waals surface area contributed by atoms with Crippen molar-refractivity contribution in [3.05, 3.63) is 75.6 Å². The molecule has 3 aromatic rings. The second kappa shape index (κ2) is 8.67. The van der Waals surface area contributed by atoms with Gasteiger partial charge in [-0.1, -0.05) is 29.3 Å². The fourth-order valence-corrected chi connectivity index (χ4v) is 5.53. The van der Waals surface area contributed by atoms with E-state index in [4.69, 9.17) is 23.2 Å². The molecule has 0 saturated heterocycles. The van der Waals surface area contributed by atoms with Crippen molar-refractivity contribution >= 4 is 67.8 Å². The van der Waals surface area contributed by atoms with E-state index in [1.165, 1.54) is 17.8 Å². The number of rotatable bonds is 7. The van der Waals surface area contributed by atoms with Gasteiger partial charge in [-0.15, -0.1) is 23.1 Å². The second-order valence-electron chi connectivity index (χ2n) is 5.40. The largest absolute Gasteiger partial charge is 0.293 e. The van der Waals surface area contributed by atoms with Gasteiger partial charge in [-0.25, -0.2) is 8.42 Å². The van der Waals surface area contributed by atoms with E-state index in [0.717, 1.165) is 16.2 Å². The second-order valence-corrected chi connectivity index (χ2v) is 10.1. The summed E-state index contributed by atoms with van der Waals surface area (Å²) in [7, 11) is -3.57. The maximum Gasteiger partial charge on any atom is 0.271 e. The zero-order valence-electron chi connectivity index (χ0n) is 13.7. The molecule has 9 heteroatoms. The van der Waals surface area contributed by atoms with E-state index in [2.05, 4.69) is 4.72 Å². The molecule has 0 aliphatic rings. The summed E-state index contributed by atoms with van der Waals surface area (Å²) >= 11 is 14.4. The molecule has 0 fully saturated rings. The summed E-state index contributed by atoms with van der Waals surface area (Å²) < 4.78 is 27.2. The highest BCUT2D eigenvalue weighted by Gasteiger charge is 2.15. The number of carbonyl (C=O) groups excluding carboxylic acids is 1. The Morgan fingerprint density at radius 3 is 2.44 bits per heavy atom. The minimum absolute atomic E-state index is 0.107. The van der Waals surface area contributed by atoms with E-state index in [1.807, 2.05) is 0 Å². The van der Waals surface area contributed by atoms with Crippen LogP contribution in [-0.2, 0) is 10.0 Å². The van der Waals surface area contributed by atoms with Crippen LogP contribution < -0.4 is 4.72 Å². The van der Waals surface area contributed by atoms with Crippen molar-refractivity contribution in [3.8, 4) is 0 Å². The van der Waals surface area contributed by atoms with Crippen molar-refractivity contribution in [2.45, 2.75) is 9.10 Å². The number of benzene rings is 2. The van der Waals surface area contributed by atoms with Crippen LogP contribution in [0, 0.1) is 0 Å². The number of ketones is 1. The Hall–Kier alpha value is -1.51. The van der Waals surface area contributed by atoms with Crippen LogP contribution in [0.25, 0.3) is 0 Å². The normalized spacial score (nSPS) is 11.3. The Kier molecular flexibility index (Phi) is 6.49. The Balaban J connectivity index is 1.62. The molecule has 1 N–H and O–H groups in total. The number of thioether (sulfide) groups is 1. The Morgan fingerprint density at radius 1 is 1.07 bits per heavy atom. The van der Waals surface area contributed by atoms with Crippen LogP contribution in [0.1, 0.15) is 10.4 Å². The summed E-state index contributed by atoms with van der Waals surface area (Å²) in [6, 6.07) is 14.8. The van der Waals surface area contributed by atoms with Crippen LogP contribution in [0.15, 0.2) is 69.1 Å². The smallest absolute Gasteiger partial charge is 0.271 e. The minimum atomic E-state index is -3.57. The number of sulfonamides is 1. The van der Waals surface area contributed by atoms with Crippen LogP contribution in [0.5, 0.6) is 0 Å². The summed E-state index contributed by atoms with van der Waals surface area (Å²) in [6.45, 7) is 0. The molecule has 1 heterocycles. The molecule has 0 bridgehead atoms. The predicted octanol–water partition coefficient (Wildman–Crippen LogP) is 5.83. The number of carbonyl (C=O) groups is 1. The number of Topliss-reactive ketones (excluding diaryl/α,β-unsaturated/α-hetero) is 1. The third-order valence-corrected chi connectivity index (χ3v) is 7.81. The van der Waals surface area contributed by atoms with Gasteiger partial charge in [-0.2, -0.15) is 0 Å². The van der Waals surface area contributed by atoms with Gasteiger partial charge in [0.05, 0.1) is 10.8 Å². The number of anilines is 1. The lowest BCUT2D eigenvalue weighted by molar-refractivity contribution is 0.102. The first-order chi connectivity index (χ1) is 12.8. The van der Waals surface area contributed by atoms with E-state index in [-0.39, 0.29) is 15.7 Å². The van der Waals surface area contributed by atoms with Gasteiger partial charge in [0.2, 0.25) is 0 Å². The Labute approximate surface area is 175 Å². The van der Waals surface area contributed by atoms with E-state index >= 15 is 0 Å². The molecule has 0 aliphatic heterocycles. The van der Waals surface area contributed by atoms with Crippen molar-refractivity contribution in [2.75, 3.05) is 10.5 Å². The minimum Gasteiger partial charge on any atom is -0.293 e. The van der Waals surface area contributed by atoms with Crippen molar-refractivity contribution in [2.24, 2.45) is 0 Å². The van der Waals surface area contributed by atoms with Crippen LogP contribution in [0.2, 0.25) is 10.0 Å². The van der Waals surface area contributed by atoms with Gasteiger partial charge in [0.1, 0.15) is 4.21 Å². The molecule has 3 rings (SSSR count). The number of nitrogens with one attached hydrogen (secondary N) is 1. The third kappa shape index (κ3) is 5.27. The molecule has 2 aromatic carbocycles. The quantitative estimate of drug-likeness (QED) is 0.357. The van der Waals surface area contributed by atoms with Crippen LogP contribution >= 0.6 is 46.3 Å². The number of thiophene rings is 1. The van der Waals surface area contributed by atoms with Crippen LogP contribution in [0.3, 0.4) is 0 Å². The molecule has 0 spiro atoms.